The molecule has 2 heterocycles. The fourth-order valence-corrected chi connectivity index (χ4v) is 5.46. The predicted octanol–water partition coefficient (Wildman–Crippen LogP) is 1.15. The molecule has 1 aliphatic heterocycles. The van der Waals surface area contributed by atoms with Gasteiger partial charge >= 0.3 is 0 Å². The van der Waals surface area contributed by atoms with Crippen molar-refractivity contribution in [3.8, 4) is 0 Å². The predicted molar refractivity (Wildman–Crippen MR) is 132 cm³/mol. The van der Waals surface area contributed by atoms with Gasteiger partial charge in [-0.1, -0.05) is 18.2 Å². The fourth-order valence-electron chi connectivity index (χ4n) is 3.99. The summed E-state index contributed by atoms with van der Waals surface area (Å²) >= 11 is 0. The van der Waals surface area contributed by atoms with E-state index in [9.17, 15) is 18.0 Å². The van der Waals surface area contributed by atoms with Gasteiger partial charge in [0.1, 0.15) is 5.82 Å². The highest BCUT2D eigenvalue weighted by Crippen LogP contribution is 2.20. The number of H-pyrrole nitrogens is 1. The number of likely N-dealkylation sites (N-methyl/N-ethyl adjacent to an activating group) is 1. The van der Waals surface area contributed by atoms with Crippen LogP contribution in [-0.4, -0.2) is 91.9 Å². The minimum Gasteiger partial charge on any atom is -0.383 e. The van der Waals surface area contributed by atoms with Gasteiger partial charge in [-0.15, -0.1) is 0 Å². The molecular formula is C24H29N5O5S. The Morgan fingerprint density at radius 1 is 1.11 bits per heavy atom. The summed E-state index contributed by atoms with van der Waals surface area (Å²) in [6.45, 7) is 2.65. The third kappa shape index (κ3) is 5.59. The van der Waals surface area contributed by atoms with Crippen molar-refractivity contribution < 1.29 is 17.9 Å². The van der Waals surface area contributed by atoms with E-state index in [0.717, 1.165) is 0 Å². The van der Waals surface area contributed by atoms with Gasteiger partial charge in [0.05, 0.1) is 29.0 Å². The molecular weight excluding hydrogens is 470 g/mol. The molecule has 10 nitrogen and oxygen atoms in total. The van der Waals surface area contributed by atoms with E-state index in [1.54, 1.807) is 36.4 Å². The van der Waals surface area contributed by atoms with Crippen LogP contribution in [0.4, 0.5) is 0 Å². The molecule has 1 saturated heterocycles. The molecule has 0 bridgehead atoms. The van der Waals surface area contributed by atoms with Crippen LogP contribution in [0.5, 0.6) is 0 Å². The first-order valence-electron chi connectivity index (χ1n) is 11.3. The summed E-state index contributed by atoms with van der Waals surface area (Å²) in [5, 5.41) is 0.466. The summed E-state index contributed by atoms with van der Waals surface area (Å²) in [5.41, 5.74) is 0.482. The first-order chi connectivity index (χ1) is 16.8. The highest BCUT2D eigenvalue weighted by atomic mass is 32.2. The van der Waals surface area contributed by atoms with E-state index in [-0.39, 0.29) is 41.6 Å². The summed E-state index contributed by atoms with van der Waals surface area (Å²) in [4.78, 5) is 36.8. The normalized spacial score (nSPS) is 15.4. The summed E-state index contributed by atoms with van der Waals surface area (Å²) < 4.78 is 33.0. The van der Waals surface area contributed by atoms with Gasteiger partial charge in [-0.2, -0.15) is 4.31 Å². The minimum atomic E-state index is -3.72. The second-order valence-electron chi connectivity index (χ2n) is 8.48. The number of rotatable bonds is 8. The van der Waals surface area contributed by atoms with Gasteiger partial charge in [0.15, 0.2) is 0 Å². The highest BCUT2D eigenvalue weighted by molar-refractivity contribution is 7.89. The number of nitrogens with one attached hydrogen (secondary N) is 1. The Morgan fingerprint density at radius 3 is 2.60 bits per heavy atom. The summed E-state index contributed by atoms with van der Waals surface area (Å²) in [6.07, 6.45) is 0. The topological polar surface area (TPSA) is 116 Å². The molecule has 2 aromatic carbocycles. The average Bonchev–Trinajstić information content (AvgIpc) is 2.86. The van der Waals surface area contributed by atoms with Crippen molar-refractivity contribution in [2.45, 2.75) is 11.4 Å². The van der Waals surface area contributed by atoms with Crippen LogP contribution in [0.15, 0.2) is 58.2 Å². The summed E-state index contributed by atoms with van der Waals surface area (Å²) in [7, 11) is -0.238. The molecule has 35 heavy (non-hydrogen) atoms. The lowest BCUT2D eigenvalue weighted by Crippen LogP contribution is -2.47. The van der Waals surface area contributed by atoms with E-state index < -0.39 is 10.0 Å². The van der Waals surface area contributed by atoms with E-state index >= 15 is 0 Å². The van der Waals surface area contributed by atoms with Gasteiger partial charge in [-0.3, -0.25) is 9.59 Å². The van der Waals surface area contributed by atoms with Crippen LogP contribution >= 0.6 is 0 Å². The quantitative estimate of drug-likeness (QED) is 0.494. The zero-order valence-electron chi connectivity index (χ0n) is 19.8. The van der Waals surface area contributed by atoms with Crippen molar-refractivity contribution in [2.75, 3.05) is 53.5 Å². The van der Waals surface area contributed by atoms with Crippen molar-refractivity contribution in [1.29, 1.82) is 0 Å². The van der Waals surface area contributed by atoms with Gasteiger partial charge in [-0.25, -0.2) is 13.4 Å². The first kappa shape index (κ1) is 25.0. The maximum Gasteiger partial charge on any atom is 0.258 e. The van der Waals surface area contributed by atoms with Crippen molar-refractivity contribution >= 4 is 26.8 Å². The fraction of sp³-hybridized carbons (Fsp3) is 0.375. The van der Waals surface area contributed by atoms with Crippen LogP contribution in [0.1, 0.15) is 16.2 Å². The van der Waals surface area contributed by atoms with E-state index in [2.05, 4.69) is 14.9 Å². The summed E-state index contributed by atoms with van der Waals surface area (Å²) in [5.74, 6) is -0.0485. The van der Waals surface area contributed by atoms with Crippen LogP contribution in [0.2, 0.25) is 0 Å². The Morgan fingerprint density at radius 2 is 1.86 bits per heavy atom. The minimum absolute atomic E-state index is 0.0394. The number of carbonyl (C=O) groups excluding carboxylic acids is 1. The van der Waals surface area contributed by atoms with E-state index in [4.69, 9.17) is 4.74 Å². The lowest BCUT2D eigenvalue weighted by Gasteiger charge is -2.31. The molecule has 3 aromatic rings. The number of sulfonamides is 1. The maximum absolute atomic E-state index is 13.4. The highest BCUT2D eigenvalue weighted by Gasteiger charge is 2.28. The maximum atomic E-state index is 13.4. The number of methoxy groups -OCH3 is 1. The summed E-state index contributed by atoms with van der Waals surface area (Å²) in [6, 6.07) is 13.0. The largest absolute Gasteiger partial charge is 0.383 e. The number of aromatic amines is 1. The number of amides is 1. The molecule has 0 atom stereocenters. The number of hydrogen-bond acceptors (Lipinski definition) is 7. The molecule has 186 valence electrons. The van der Waals surface area contributed by atoms with Crippen molar-refractivity contribution in [1.82, 2.24) is 24.1 Å². The Labute approximate surface area is 204 Å². The molecule has 1 fully saturated rings. The number of nitrogens with zero attached hydrogens (tertiary/aromatic N) is 4. The van der Waals surface area contributed by atoms with Crippen LogP contribution in [0.25, 0.3) is 10.9 Å². The van der Waals surface area contributed by atoms with E-state index in [0.29, 0.717) is 42.9 Å². The van der Waals surface area contributed by atoms with Crippen LogP contribution in [0.3, 0.4) is 0 Å². The number of carbonyl (C=O) groups is 1. The number of benzene rings is 2. The van der Waals surface area contributed by atoms with Crippen LogP contribution in [0, 0.1) is 0 Å². The third-order valence-corrected chi connectivity index (χ3v) is 7.93. The molecule has 0 unspecified atom stereocenters. The Bertz CT molecular complexity index is 1370. The number of fused-ring (bicyclic) bond motifs is 1. The Balaban J connectivity index is 1.60. The molecule has 0 aliphatic carbocycles. The van der Waals surface area contributed by atoms with Crippen LogP contribution in [-0.2, 0) is 21.3 Å². The number of ether oxygens (including phenoxy) is 1. The molecule has 1 aromatic heterocycles. The van der Waals surface area contributed by atoms with Crippen molar-refractivity contribution in [2.24, 2.45) is 0 Å². The van der Waals surface area contributed by atoms with Gasteiger partial charge in [0.25, 0.3) is 11.5 Å². The molecule has 4 rings (SSSR count). The number of piperazine rings is 1. The molecule has 0 saturated carbocycles. The molecule has 0 radical (unpaired) electrons. The second kappa shape index (κ2) is 10.6. The number of para-hydroxylation sites is 1. The number of hydrogen-bond donors (Lipinski definition) is 1. The molecule has 1 aliphatic rings. The van der Waals surface area contributed by atoms with E-state index in [1.165, 1.54) is 28.4 Å². The van der Waals surface area contributed by atoms with E-state index in [1.807, 2.05) is 7.05 Å². The molecule has 1 N–H and O–H groups in total. The molecule has 0 spiro atoms. The molecule has 11 heteroatoms. The van der Waals surface area contributed by atoms with Crippen LogP contribution < -0.4 is 5.56 Å². The standard InChI is InChI=1S/C24H29N5O5S/c1-27-10-12-29(13-11-27)35(32,33)19-7-5-6-18(16-19)24(31)28(14-15-34-2)17-22-25-21-9-4-3-8-20(21)23(30)26-22/h3-9,16H,10-15,17H2,1-2H3,(H,25,26,30). The zero-order valence-corrected chi connectivity index (χ0v) is 20.6. The Kier molecular flexibility index (Phi) is 7.60. The lowest BCUT2D eigenvalue weighted by molar-refractivity contribution is 0.0675. The zero-order chi connectivity index (χ0) is 25.0. The first-order valence-corrected chi connectivity index (χ1v) is 12.8. The van der Waals surface area contributed by atoms with Gasteiger partial charge in [0.2, 0.25) is 10.0 Å². The van der Waals surface area contributed by atoms with Crippen molar-refractivity contribution in [3.05, 3.63) is 70.3 Å². The Hall–Kier alpha value is -3.12. The average molecular weight is 500 g/mol. The second-order valence-corrected chi connectivity index (χ2v) is 10.4. The SMILES string of the molecule is COCCN(Cc1nc2ccccc2c(=O)[nH]1)C(=O)c1cccc(S(=O)(=O)N2CCN(C)CC2)c1. The third-order valence-electron chi connectivity index (χ3n) is 6.04. The smallest absolute Gasteiger partial charge is 0.258 e. The lowest BCUT2D eigenvalue weighted by atomic mass is 10.2. The number of aromatic nitrogens is 2. The van der Waals surface area contributed by atoms with Gasteiger partial charge in [-0.05, 0) is 37.4 Å². The van der Waals surface area contributed by atoms with Gasteiger partial charge in [0, 0.05) is 45.4 Å². The monoisotopic (exact) mass is 499 g/mol. The van der Waals surface area contributed by atoms with Gasteiger partial charge < -0.3 is 19.5 Å². The van der Waals surface area contributed by atoms with Crippen molar-refractivity contribution in [3.63, 3.8) is 0 Å². The molecule has 1 amide bonds.